The van der Waals surface area contributed by atoms with E-state index in [2.05, 4.69) is 5.10 Å². The molecule has 0 unspecified atom stereocenters. The fourth-order valence-electron chi connectivity index (χ4n) is 1.08. The molecule has 0 fully saturated rings. The van der Waals surface area contributed by atoms with Crippen LogP contribution < -0.4 is 0 Å². The number of aryl methyl sites for hydroxylation is 1. The number of alkyl halides is 6. The van der Waals surface area contributed by atoms with E-state index in [1.165, 1.54) is 0 Å². The molecule has 0 atom stereocenters. The third kappa shape index (κ3) is 4.11. The third-order valence-electron chi connectivity index (χ3n) is 1.78. The van der Waals surface area contributed by atoms with Crippen LogP contribution in [-0.2, 0) is 12.7 Å². The van der Waals surface area contributed by atoms with Gasteiger partial charge in [-0.2, -0.15) is 31.4 Å². The van der Waals surface area contributed by atoms with Gasteiger partial charge in [-0.3, -0.25) is 4.68 Å². The molecule has 0 aliphatic heterocycles. The minimum atomic E-state index is -4.56. The van der Waals surface area contributed by atoms with E-state index in [0.717, 1.165) is 16.9 Å². The molecule has 0 aromatic carbocycles. The molecule has 1 aromatic heterocycles. The van der Waals surface area contributed by atoms with Crippen LogP contribution in [-0.4, -0.2) is 16.0 Å². The molecular formula is C8H8F6N2. The van der Waals surface area contributed by atoms with Crippen LogP contribution in [0.25, 0.3) is 0 Å². The summed E-state index contributed by atoms with van der Waals surface area (Å²) in [5.41, 5.74) is -1.10. The van der Waals surface area contributed by atoms with Crippen LogP contribution in [0.1, 0.15) is 18.5 Å². The van der Waals surface area contributed by atoms with Crippen LogP contribution in [0.4, 0.5) is 26.3 Å². The Morgan fingerprint density at radius 3 is 2.19 bits per heavy atom. The van der Waals surface area contributed by atoms with Crippen molar-refractivity contribution in [3.63, 3.8) is 0 Å². The molecule has 0 aliphatic carbocycles. The van der Waals surface area contributed by atoms with Crippen LogP contribution in [0, 0.1) is 0 Å². The Labute approximate surface area is 86.9 Å². The summed E-state index contributed by atoms with van der Waals surface area (Å²) in [6, 6.07) is 0.730. The number of nitrogens with zero attached hydrogens (tertiary/aromatic N) is 2. The second-order valence-corrected chi connectivity index (χ2v) is 3.18. The zero-order valence-corrected chi connectivity index (χ0v) is 7.94. The molecule has 1 heterocycles. The lowest BCUT2D eigenvalue weighted by atomic mass is 10.3. The van der Waals surface area contributed by atoms with Crippen molar-refractivity contribution in [2.24, 2.45) is 0 Å². The molecule has 8 heteroatoms. The first kappa shape index (κ1) is 12.9. The summed E-state index contributed by atoms with van der Waals surface area (Å²) in [6.07, 6.45) is -9.16. The van der Waals surface area contributed by atoms with Crippen LogP contribution in [0.5, 0.6) is 0 Å². The first-order valence-corrected chi connectivity index (χ1v) is 4.36. The van der Waals surface area contributed by atoms with Crippen LogP contribution in [0.2, 0.25) is 0 Å². The molecular weight excluding hydrogens is 238 g/mol. The van der Waals surface area contributed by atoms with Gasteiger partial charge in [0.2, 0.25) is 0 Å². The lowest BCUT2D eigenvalue weighted by Gasteiger charge is -2.06. The van der Waals surface area contributed by atoms with Crippen molar-refractivity contribution in [2.45, 2.75) is 31.7 Å². The maximum absolute atomic E-state index is 12.1. The number of halogens is 6. The highest BCUT2D eigenvalue weighted by molar-refractivity contribution is 5.03. The van der Waals surface area contributed by atoms with Crippen molar-refractivity contribution < 1.29 is 26.3 Å². The van der Waals surface area contributed by atoms with Gasteiger partial charge in [-0.15, -0.1) is 0 Å². The molecule has 0 saturated heterocycles. The van der Waals surface area contributed by atoms with Gasteiger partial charge in [-0.1, -0.05) is 0 Å². The first-order chi connectivity index (χ1) is 7.18. The SMILES string of the molecule is FC(F)(F)CCCn1ccc(C(F)(F)F)n1. The molecule has 0 N–H and O–H groups in total. The summed E-state index contributed by atoms with van der Waals surface area (Å²) < 4.78 is 72.3. The molecule has 1 rings (SSSR count). The quantitative estimate of drug-likeness (QED) is 0.748. The van der Waals surface area contributed by atoms with Gasteiger partial charge in [-0.05, 0) is 12.5 Å². The van der Waals surface area contributed by atoms with Gasteiger partial charge in [0.05, 0.1) is 0 Å². The van der Waals surface area contributed by atoms with E-state index in [1.54, 1.807) is 0 Å². The predicted molar refractivity (Wildman–Crippen MR) is 42.5 cm³/mol. The van der Waals surface area contributed by atoms with Gasteiger partial charge in [-0.25, -0.2) is 0 Å². The molecule has 0 amide bonds. The topological polar surface area (TPSA) is 17.8 Å². The molecule has 0 saturated carbocycles. The monoisotopic (exact) mass is 246 g/mol. The molecule has 0 spiro atoms. The van der Waals surface area contributed by atoms with Crippen LogP contribution in [0.3, 0.4) is 0 Å². The fourth-order valence-corrected chi connectivity index (χ4v) is 1.08. The third-order valence-corrected chi connectivity index (χ3v) is 1.78. The molecule has 2 nitrogen and oxygen atoms in total. The van der Waals surface area contributed by atoms with E-state index in [-0.39, 0.29) is 13.0 Å². The fraction of sp³-hybridized carbons (Fsp3) is 0.625. The van der Waals surface area contributed by atoms with Gasteiger partial charge in [0.15, 0.2) is 5.69 Å². The Balaban J connectivity index is 2.48. The van der Waals surface area contributed by atoms with Crippen molar-refractivity contribution in [1.29, 1.82) is 0 Å². The number of hydrogen-bond acceptors (Lipinski definition) is 1. The van der Waals surface area contributed by atoms with Crippen molar-refractivity contribution in [1.82, 2.24) is 9.78 Å². The number of hydrogen-bond donors (Lipinski definition) is 0. The average molecular weight is 246 g/mol. The Bertz CT molecular complexity index is 337. The predicted octanol–water partition coefficient (Wildman–Crippen LogP) is 3.24. The molecule has 0 radical (unpaired) electrons. The van der Waals surface area contributed by atoms with E-state index < -0.39 is 24.5 Å². The first-order valence-electron chi connectivity index (χ1n) is 4.36. The zero-order valence-electron chi connectivity index (χ0n) is 7.94. The normalized spacial score (nSPS) is 13.1. The summed E-state index contributed by atoms with van der Waals surface area (Å²) in [7, 11) is 0. The summed E-state index contributed by atoms with van der Waals surface area (Å²) in [5, 5.41) is 3.13. The molecule has 1 aromatic rings. The lowest BCUT2D eigenvalue weighted by molar-refractivity contribution is -0.142. The van der Waals surface area contributed by atoms with Gasteiger partial charge in [0.1, 0.15) is 0 Å². The highest BCUT2D eigenvalue weighted by Crippen LogP contribution is 2.27. The summed E-state index contributed by atoms with van der Waals surface area (Å²) in [5.74, 6) is 0. The highest BCUT2D eigenvalue weighted by Gasteiger charge is 2.33. The van der Waals surface area contributed by atoms with Crippen molar-refractivity contribution in [3.05, 3.63) is 18.0 Å². The average Bonchev–Trinajstić information content (AvgIpc) is 2.49. The van der Waals surface area contributed by atoms with Crippen molar-refractivity contribution >= 4 is 0 Å². The Morgan fingerprint density at radius 1 is 1.12 bits per heavy atom. The van der Waals surface area contributed by atoms with E-state index in [1.807, 2.05) is 0 Å². The molecule has 0 aliphatic rings. The van der Waals surface area contributed by atoms with E-state index in [9.17, 15) is 26.3 Å². The largest absolute Gasteiger partial charge is 0.435 e. The van der Waals surface area contributed by atoms with Gasteiger partial charge >= 0.3 is 12.4 Å². The molecule has 0 bridgehead atoms. The second kappa shape index (κ2) is 4.34. The highest BCUT2D eigenvalue weighted by atomic mass is 19.4. The van der Waals surface area contributed by atoms with E-state index >= 15 is 0 Å². The minimum absolute atomic E-state index is 0.185. The lowest BCUT2D eigenvalue weighted by Crippen LogP contribution is -2.11. The summed E-state index contributed by atoms with van der Waals surface area (Å²) in [4.78, 5) is 0. The second-order valence-electron chi connectivity index (χ2n) is 3.18. The van der Waals surface area contributed by atoms with Gasteiger partial charge < -0.3 is 0 Å². The van der Waals surface area contributed by atoms with Crippen molar-refractivity contribution in [3.8, 4) is 0 Å². The van der Waals surface area contributed by atoms with Crippen LogP contribution in [0.15, 0.2) is 12.3 Å². The molecule has 92 valence electrons. The smallest absolute Gasteiger partial charge is 0.272 e. The Hall–Kier alpha value is -1.21. The minimum Gasteiger partial charge on any atom is -0.272 e. The van der Waals surface area contributed by atoms with E-state index in [0.29, 0.717) is 0 Å². The van der Waals surface area contributed by atoms with E-state index in [4.69, 9.17) is 0 Å². The Morgan fingerprint density at radius 2 is 1.75 bits per heavy atom. The van der Waals surface area contributed by atoms with Gasteiger partial charge in [0, 0.05) is 19.2 Å². The maximum atomic E-state index is 12.1. The number of aromatic nitrogens is 2. The number of rotatable bonds is 3. The maximum Gasteiger partial charge on any atom is 0.435 e. The molecule has 16 heavy (non-hydrogen) atoms. The van der Waals surface area contributed by atoms with Crippen LogP contribution >= 0.6 is 0 Å². The van der Waals surface area contributed by atoms with Crippen molar-refractivity contribution in [2.75, 3.05) is 0 Å². The standard InChI is InChI=1S/C8H8F6N2/c9-7(10,11)3-1-4-16-5-2-6(15-16)8(12,13)14/h2,5H,1,3-4H2. The summed E-state index contributed by atoms with van der Waals surface area (Å²) >= 11 is 0. The Kier molecular flexibility index (Phi) is 3.49. The van der Waals surface area contributed by atoms with Gasteiger partial charge in [0.25, 0.3) is 0 Å². The summed E-state index contributed by atoms with van der Waals surface area (Å²) in [6.45, 7) is -0.185. The zero-order chi connectivity index (χ0) is 12.4.